The monoisotopic (exact) mass is 157 g/mol. The first-order chi connectivity index (χ1) is 5.11. The fourth-order valence-corrected chi connectivity index (χ4v) is 0.397. The smallest absolute Gasteiger partial charge is 0.356 e. The predicted octanol–water partition coefficient (Wildman–Crippen LogP) is -0.801. The van der Waals surface area contributed by atoms with Crippen LogP contribution in [0, 0.1) is 5.41 Å². The molecule has 0 rings (SSSR count). The summed E-state index contributed by atoms with van der Waals surface area (Å²) in [5, 5.41) is 9.62. The second kappa shape index (κ2) is 4.32. The number of ether oxygens (including phenoxy) is 1. The largest absolute Gasteiger partial charge is 0.464 e. The molecule has 0 amide bonds. The highest BCUT2D eigenvalue weighted by atomic mass is 16.5. The second-order valence-electron chi connectivity index (χ2n) is 1.75. The minimum Gasteiger partial charge on any atom is -0.464 e. The predicted molar refractivity (Wildman–Crippen MR) is 41.1 cm³/mol. The molecule has 0 aliphatic rings. The van der Waals surface area contributed by atoms with Crippen LogP contribution in [0.1, 0.15) is 0 Å². The van der Waals surface area contributed by atoms with Crippen molar-refractivity contribution in [3.05, 3.63) is 11.9 Å². The van der Waals surface area contributed by atoms with Gasteiger partial charge in [-0.05, 0) is 0 Å². The number of hydrogen-bond donors (Lipinski definition) is 3. The van der Waals surface area contributed by atoms with E-state index < -0.39 is 5.97 Å². The normalized spacial score (nSPS) is 10.5. The Morgan fingerprint density at radius 3 is 2.64 bits per heavy atom. The van der Waals surface area contributed by atoms with Crippen molar-refractivity contribution < 1.29 is 9.53 Å². The molecule has 0 bridgehead atoms. The maximum Gasteiger partial charge on any atom is 0.356 e. The number of hydrogen-bond acceptors (Lipinski definition) is 5. The summed E-state index contributed by atoms with van der Waals surface area (Å²) < 4.78 is 4.27. The third kappa shape index (κ3) is 3.24. The summed E-state index contributed by atoms with van der Waals surface area (Å²) in [5.41, 5.74) is 4.99. The third-order valence-corrected chi connectivity index (χ3v) is 0.994. The quantitative estimate of drug-likeness (QED) is 0.369. The number of rotatable bonds is 3. The number of nitrogens with two attached hydrogens (primary N) is 1. The molecule has 0 aromatic carbocycles. The van der Waals surface area contributed by atoms with Crippen molar-refractivity contribution in [3.63, 3.8) is 0 Å². The van der Waals surface area contributed by atoms with Gasteiger partial charge in [-0.1, -0.05) is 0 Å². The van der Waals surface area contributed by atoms with E-state index in [1.807, 2.05) is 0 Å². The lowest BCUT2D eigenvalue weighted by Gasteiger charge is -1.98. The first-order valence-electron chi connectivity index (χ1n) is 2.93. The lowest BCUT2D eigenvalue weighted by Crippen LogP contribution is -2.20. The summed E-state index contributed by atoms with van der Waals surface area (Å²) in [7, 11) is 2.80. The van der Waals surface area contributed by atoms with E-state index in [9.17, 15) is 4.79 Å². The van der Waals surface area contributed by atoms with E-state index in [0.29, 0.717) is 0 Å². The van der Waals surface area contributed by atoms with Crippen LogP contribution < -0.4 is 11.1 Å². The van der Waals surface area contributed by atoms with Gasteiger partial charge in [0.2, 0.25) is 0 Å². The van der Waals surface area contributed by atoms with Gasteiger partial charge in [-0.3, -0.25) is 5.41 Å². The summed E-state index contributed by atoms with van der Waals surface area (Å²) in [4.78, 5) is 10.6. The number of methoxy groups -OCH3 is 1. The van der Waals surface area contributed by atoms with Crippen molar-refractivity contribution in [1.82, 2.24) is 5.32 Å². The SMILES string of the molecule is CN/C(N)=C\C(=N)C(=O)OC. The molecule has 0 saturated heterocycles. The highest BCUT2D eigenvalue weighted by Crippen LogP contribution is 1.83. The van der Waals surface area contributed by atoms with Gasteiger partial charge < -0.3 is 15.8 Å². The molecule has 0 aromatic rings. The van der Waals surface area contributed by atoms with Crippen molar-refractivity contribution in [2.75, 3.05) is 14.2 Å². The first-order valence-corrected chi connectivity index (χ1v) is 2.93. The summed E-state index contributed by atoms with van der Waals surface area (Å²) in [6, 6.07) is 0. The van der Waals surface area contributed by atoms with Crippen LogP contribution in [-0.4, -0.2) is 25.8 Å². The Morgan fingerprint density at radius 2 is 2.27 bits per heavy atom. The Labute approximate surface area is 64.7 Å². The Hall–Kier alpha value is -1.52. The van der Waals surface area contributed by atoms with Crippen molar-refractivity contribution in [1.29, 1.82) is 5.41 Å². The van der Waals surface area contributed by atoms with Crippen LogP contribution in [0.25, 0.3) is 0 Å². The van der Waals surface area contributed by atoms with Gasteiger partial charge in [0.05, 0.1) is 12.9 Å². The average molecular weight is 157 g/mol. The van der Waals surface area contributed by atoms with Gasteiger partial charge in [0, 0.05) is 13.1 Å². The van der Waals surface area contributed by atoms with Gasteiger partial charge in [-0.2, -0.15) is 0 Å². The first kappa shape index (κ1) is 9.48. The molecule has 0 spiro atoms. The van der Waals surface area contributed by atoms with E-state index in [1.165, 1.54) is 13.2 Å². The van der Waals surface area contributed by atoms with E-state index in [4.69, 9.17) is 11.1 Å². The van der Waals surface area contributed by atoms with Gasteiger partial charge in [0.1, 0.15) is 5.71 Å². The molecule has 5 nitrogen and oxygen atoms in total. The second-order valence-corrected chi connectivity index (χ2v) is 1.75. The number of carbonyl (C=O) groups is 1. The topological polar surface area (TPSA) is 88.2 Å². The van der Waals surface area contributed by atoms with Crippen LogP contribution in [0.3, 0.4) is 0 Å². The van der Waals surface area contributed by atoms with Gasteiger partial charge in [-0.15, -0.1) is 0 Å². The van der Waals surface area contributed by atoms with Crippen LogP contribution in [0.2, 0.25) is 0 Å². The molecule has 0 aromatic heterocycles. The Bertz CT molecular complexity index is 198. The molecule has 0 atom stereocenters. The zero-order valence-corrected chi connectivity index (χ0v) is 6.47. The standard InChI is InChI=1S/C6H11N3O2/c1-9-5(8)3-4(7)6(10)11-2/h3,7,9H,8H2,1-2H3/b5-3-,7-4?. The lowest BCUT2D eigenvalue weighted by atomic mass is 10.3. The van der Waals surface area contributed by atoms with Gasteiger partial charge in [0.25, 0.3) is 0 Å². The van der Waals surface area contributed by atoms with Crippen LogP contribution in [0.15, 0.2) is 11.9 Å². The van der Waals surface area contributed by atoms with E-state index in [-0.39, 0.29) is 11.5 Å². The Morgan fingerprint density at radius 1 is 1.73 bits per heavy atom. The molecule has 5 heteroatoms. The summed E-state index contributed by atoms with van der Waals surface area (Å²) >= 11 is 0. The zero-order valence-electron chi connectivity index (χ0n) is 6.47. The fourth-order valence-electron chi connectivity index (χ4n) is 0.397. The Balaban J connectivity index is 4.17. The highest BCUT2D eigenvalue weighted by Gasteiger charge is 2.05. The van der Waals surface area contributed by atoms with Crippen LogP contribution in [0.4, 0.5) is 0 Å². The minimum absolute atomic E-state index is 0.250. The van der Waals surface area contributed by atoms with Gasteiger partial charge >= 0.3 is 5.97 Å². The van der Waals surface area contributed by atoms with Crippen LogP contribution >= 0.6 is 0 Å². The molecule has 0 heterocycles. The molecular formula is C6H11N3O2. The highest BCUT2D eigenvalue weighted by molar-refractivity contribution is 6.39. The molecule has 0 radical (unpaired) electrons. The molecule has 4 N–H and O–H groups in total. The van der Waals surface area contributed by atoms with E-state index >= 15 is 0 Å². The molecule has 11 heavy (non-hydrogen) atoms. The van der Waals surface area contributed by atoms with E-state index in [1.54, 1.807) is 7.05 Å². The maximum atomic E-state index is 10.6. The van der Waals surface area contributed by atoms with Crippen molar-refractivity contribution in [2.24, 2.45) is 5.73 Å². The van der Waals surface area contributed by atoms with Crippen molar-refractivity contribution in [3.8, 4) is 0 Å². The number of esters is 1. The minimum atomic E-state index is -0.705. The fraction of sp³-hybridized carbons (Fsp3) is 0.333. The maximum absolute atomic E-state index is 10.6. The average Bonchev–Trinajstić information content (AvgIpc) is 2.02. The van der Waals surface area contributed by atoms with Gasteiger partial charge in [0.15, 0.2) is 0 Å². The lowest BCUT2D eigenvalue weighted by molar-refractivity contribution is -0.132. The molecular weight excluding hydrogens is 146 g/mol. The Kier molecular flexibility index (Phi) is 3.72. The van der Waals surface area contributed by atoms with E-state index in [2.05, 4.69) is 10.1 Å². The molecule has 0 fully saturated rings. The van der Waals surface area contributed by atoms with Crippen molar-refractivity contribution >= 4 is 11.7 Å². The molecule has 0 unspecified atom stereocenters. The molecule has 0 aliphatic heterocycles. The van der Waals surface area contributed by atoms with E-state index in [0.717, 1.165) is 0 Å². The molecule has 62 valence electrons. The van der Waals surface area contributed by atoms with Crippen molar-refractivity contribution in [2.45, 2.75) is 0 Å². The summed E-state index contributed by atoms with van der Waals surface area (Å²) in [6.07, 6.45) is 1.19. The molecule has 0 aliphatic carbocycles. The van der Waals surface area contributed by atoms with Crippen LogP contribution in [-0.2, 0) is 9.53 Å². The summed E-state index contributed by atoms with van der Waals surface area (Å²) in [6.45, 7) is 0. The third-order valence-electron chi connectivity index (χ3n) is 0.994. The van der Waals surface area contributed by atoms with Crippen LogP contribution in [0.5, 0.6) is 0 Å². The number of carbonyl (C=O) groups excluding carboxylic acids is 1. The molecule has 0 saturated carbocycles. The van der Waals surface area contributed by atoms with Gasteiger partial charge in [-0.25, -0.2) is 4.79 Å². The number of nitrogens with one attached hydrogen (secondary N) is 2. The summed E-state index contributed by atoms with van der Waals surface area (Å²) in [5.74, 6) is -0.455. The zero-order chi connectivity index (χ0) is 8.85.